The standard InChI is InChI=1S/C24H24ClIN8O2/c25-20-22(31-11-14-5-7-16(26)8-6-14)33-21(27)19(32-20)23(35)34-24(28)30-10-9-29-12-15-13-36-18-4-2-1-3-17(15)18/h1-8,13,29H,9-12H2,(H3,27,31,33)(H3,28,30,34,35). The molecule has 186 valence electrons. The van der Waals surface area contributed by atoms with Gasteiger partial charge in [0.1, 0.15) is 5.58 Å². The lowest BCUT2D eigenvalue weighted by molar-refractivity contribution is 0.0998. The molecule has 4 aromatic rings. The molecule has 0 saturated carbocycles. The number of fused-ring (bicyclic) bond motifs is 1. The van der Waals surface area contributed by atoms with Gasteiger partial charge in [0, 0.05) is 40.7 Å². The summed E-state index contributed by atoms with van der Waals surface area (Å²) in [5, 5.41) is 10.3. The monoisotopic (exact) mass is 618 g/mol. The highest BCUT2D eigenvalue weighted by molar-refractivity contribution is 14.1. The largest absolute Gasteiger partial charge is 0.464 e. The van der Waals surface area contributed by atoms with Gasteiger partial charge < -0.3 is 31.8 Å². The predicted octanol–water partition coefficient (Wildman–Crippen LogP) is 3.51. The lowest BCUT2D eigenvalue weighted by Crippen LogP contribution is -2.37. The molecule has 36 heavy (non-hydrogen) atoms. The number of anilines is 2. The summed E-state index contributed by atoms with van der Waals surface area (Å²) in [6.07, 6.45) is 1.74. The summed E-state index contributed by atoms with van der Waals surface area (Å²) in [4.78, 5) is 24.6. The van der Waals surface area contributed by atoms with Gasteiger partial charge in [-0.05, 0) is 46.4 Å². The number of furan rings is 1. The Morgan fingerprint density at radius 2 is 1.86 bits per heavy atom. The zero-order valence-electron chi connectivity index (χ0n) is 19.1. The number of hydrogen-bond donors (Lipinski definition) is 5. The molecule has 12 heteroatoms. The first-order valence-corrected chi connectivity index (χ1v) is 12.5. The van der Waals surface area contributed by atoms with Crippen molar-refractivity contribution in [3.05, 3.63) is 80.3 Å². The van der Waals surface area contributed by atoms with Crippen LogP contribution < -0.4 is 27.4 Å². The number of benzene rings is 2. The van der Waals surface area contributed by atoms with Crippen molar-refractivity contribution in [3.8, 4) is 0 Å². The number of nitrogens with two attached hydrogens (primary N) is 2. The number of carbonyl (C=O) groups is 1. The van der Waals surface area contributed by atoms with Gasteiger partial charge in [0.25, 0.3) is 0 Å². The normalized spacial score (nSPS) is 11.6. The van der Waals surface area contributed by atoms with Crippen molar-refractivity contribution in [1.82, 2.24) is 20.6 Å². The first-order chi connectivity index (χ1) is 17.4. The third kappa shape index (κ3) is 6.62. The van der Waals surface area contributed by atoms with E-state index < -0.39 is 5.91 Å². The molecule has 0 radical (unpaired) electrons. The molecule has 2 heterocycles. The molecule has 2 aromatic carbocycles. The summed E-state index contributed by atoms with van der Waals surface area (Å²) >= 11 is 8.45. The number of hydrogen-bond acceptors (Lipinski definition) is 7. The summed E-state index contributed by atoms with van der Waals surface area (Å²) in [5.41, 5.74) is 14.5. The van der Waals surface area contributed by atoms with E-state index in [1.165, 1.54) is 0 Å². The van der Waals surface area contributed by atoms with Gasteiger partial charge in [-0.1, -0.05) is 41.9 Å². The Labute approximate surface area is 226 Å². The van der Waals surface area contributed by atoms with Gasteiger partial charge in [-0.3, -0.25) is 4.79 Å². The van der Waals surface area contributed by atoms with E-state index in [1.807, 2.05) is 48.5 Å². The number of nitrogen functional groups attached to an aromatic ring is 1. The second kappa shape index (κ2) is 12.0. The van der Waals surface area contributed by atoms with Gasteiger partial charge in [0.2, 0.25) is 0 Å². The van der Waals surface area contributed by atoms with Crippen LogP contribution in [0.15, 0.2) is 64.2 Å². The van der Waals surface area contributed by atoms with Gasteiger partial charge in [0.05, 0.1) is 6.26 Å². The zero-order valence-corrected chi connectivity index (χ0v) is 22.0. The van der Waals surface area contributed by atoms with Gasteiger partial charge in [0.15, 0.2) is 28.4 Å². The maximum absolute atomic E-state index is 12.5. The Morgan fingerprint density at radius 1 is 1.08 bits per heavy atom. The maximum Gasteiger partial charge on any atom is 0.302 e. The van der Waals surface area contributed by atoms with Crippen molar-refractivity contribution in [2.45, 2.75) is 13.1 Å². The smallest absolute Gasteiger partial charge is 0.302 e. The van der Waals surface area contributed by atoms with Crippen molar-refractivity contribution in [2.75, 3.05) is 24.1 Å². The fourth-order valence-electron chi connectivity index (χ4n) is 3.36. The van der Waals surface area contributed by atoms with Crippen LogP contribution in [0.2, 0.25) is 5.15 Å². The Hall–Kier alpha value is -3.42. The van der Waals surface area contributed by atoms with Crippen LogP contribution in [0.3, 0.4) is 0 Å². The molecule has 0 aliphatic rings. The Balaban J connectivity index is 1.27. The van der Waals surface area contributed by atoms with Crippen molar-refractivity contribution < 1.29 is 9.21 Å². The number of para-hydroxylation sites is 1. The van der Waals surface area contributed by atoms with E-state index in [2.05, 4.69) is 53.5 Å². The molecule has 4 rings (SSSR count). The number of rotatable bonds is 9. The minimum atomic E-state index is -0.742. The van der Waals surface area contributed by atoms with Crippen LogP contribution in [0.25, 0.3) is 11.0 Å². The SMILES string of the molecule is N/C(=N\C(=O)c1nc(Cl)c(NCc2ccc(I)cc2)nc1N)NCCNCc1coc2ccccc12. The molecule has 1 amide bonds. The van der Waals surface area contributed by atoms with E-state index in [1.54, 1.807) is 6.26 Å². The van der Waals surface area contributed by atoms with E-state index in [0.29, 0.717) is 26.2 Å². The van der Waals surface area contributed by atoms with E-state index in [0.717, 1.165) is 25.7 Å². The molecule has 0 aliphatic carbocycles. The van der Waals surface area contributed by atoms with Gasteiger partial charge >= 0.3 is 5.91 Å². The fraction of sp³-hybridized carbons (Fsp3) is 0.167. The molecule has 0 unspecified atom stereocenters. The highest BCUT2D eigenvalue weighted by Crippen LogP contribution is 2.22. The Kier molecular flexibility index (Phi) is 8.57. The number of nitrogens with zero attached hydrogens (tertiary/aromatic N) is 3. The van der Waals surface area contributed by atoms with Crippen LogP contribution in [0, 0.1) is 3.57 Å². The average Bonchev–Trinajstić information content (AvgIpc) is 3.28. The number of amides is 1. The summed E-state index contributed by atoms with van der Waals surface area (Å²) in [7, 11) is 0. The lowest BCUT2D eigenvalue weighted by atomic mass is 10.2. The van der Waals surface area contributed by atoms with Gasteiger partial charge in [-0.15, -0.1) is 0 Å². The zero-order chi connectivity index (χ0) is 25.5. The van der Waals surface area contributed by atoms with Crippen molar-refractivity contribution >= 4 is 68.7 Å². The second-order valence-corrected chi connectivity index (χ2v) is 9.34. The quantitative estimate of drug-likeness (QED) is 0.0820. The third-order valence-corrected chi connectivity index (χ3v) is 6.15. The molecule has 0 aliphatic heterocycles. The first kappa shape index (κ1) is 25.7. The minimum absolute atomic E-state index is 0.00997. The van der Waals surface area contributed by atoms with Crippen LogP contribution in [-0.4, -0.2) is 34.9 Å². The summed E-state index contributed by atoms with van der Waals surface area (Å²) < 4.78 is 6.66. The Morgan fingerprint density at radius 3 is 2.67 bits per heavy atom. The molecular formula is C24H24ClIN8O2. The Bertz CT molecular complexity index is 1390. The molecule has 0 spiro atoms. The van der Waals surface area contributed by atoms with E-state index in [-0.39, 0.29) is 28.4 Å². The van der Waals surface area contributed by atoms with Gasteiger partial charge in [-0.25, -0.2) is 9.97 Å². The topological polar surface area (TPSA) is 156 Å². The summed E-state index contributed by atoms with van der Waals surface area (Å²) in [6.45, 7) is 2.13. The molecular weight excluding hydrogens is 595 g/mol. The predicted molar refractivity (Wildman–Crippen MR) is 150 cm³/mol. The lowest BCUT2D eigenvalue weighted by Gasteiger charge is -2.10. The fourth-order valence-corrected chi connectivity index (χ4v) is 3.91. The number of halogens is 2. The highest BCUT2D eigenvalue weighted by Gasteiger charge is 2.17. The van der Waals surface area contributed by atoms with Crippen LogP contribution >= 0.6 is 34.2 Å². The summed E-state index contributed by atoms with van der Waals surface area (Å²) in [6, 6.07) is 15.8. The molecule has 0 bridgehead atoms. The maximum atomic E-state index is 12.5. The third-order valence-electron chi connectivity index (χ3n) is 5.16. The van der Waals surface area contributed by atoms with Crippen LogP contribution in [0.4, 0.5) is 11.6 Å². The molecule has 0 saturated heterocycles. The first-order valence-electron chi connectivity index (χ1n) is 11.0. The number of aliphatic imine (C=N–C) groups is 1. The van der Waals surface area contributed by atoms with Gasteiger partial charge in [-0.2, -0.15) is 4.99 Å². The van der Waals surface area contributed by atoms with Crippen molar-refractivity contribution in [1.29, 1.82) is 0 Å². The van der Waals surface area contributed by atoms with Crippen molar-refractivity contribution in [3.63, 3.8) is 0 Å². The summed E-state index contributed by atoms with van der Waals surface area (Å²) in [5.74, 6) is -0.626. The highest BCUT2D eigenvalue weighted by atomic mass is 127. The van der Waals surface area contributed by atoms with Crippen molar-refractivity contribution in [2.24, 2.45) is 10.7 Å². The number of carbonyl (C=O) groups excluding carboxylic acids is 1. The molecule has 0 atom stereocenters. The van der Waals surface area contributed by atoms with Crippen LogP contribution in [0.5, 0.6) is 0 Å². The average molecular weight is 619 g/mol. The number of aromatic nitrogens is 2. The van der Waals surface area contributed by atoms with E-state index >= 15 is 0 Å². The number of guanidine groups is 1. The molecule has 10 nitrogen and oxygen atoms in total. The number of nitrogens with one attached hydrogen (secondary N) is 3. The van der Waals surface area contributed by atoms with E-state index in [9.17, 15) is 4.79 Å². The molecule has 2 aromatic heterocycles. The minimum Gasteiger partial charge on any atom is -0.464 e. The second-order valence-electron chi connectivity index (χ2n) is 7.74. The molecule has 7 N–H and O–H groups in total. The van der Waals surface area contributed by atoms with Crippen LogP contribution in [0.1, 0.15) is 21.6 Å². The van der Waals surface area contributed by atoms with Crippen LogP contribution in [-0.2, 0) is 13.1 Å². The van der Waals surface area contributed by atoms with E-state index in [4.69, 9.17) is 27.5 Å². The molecule has 0 fully saturated rings.